The molecule has 0 aliphatic rings. The second kappa shape index (κ2) is 8.27. The summed E-state index contributed by atoms with van der Waals surface area (Å²) >= 11 is 5.49. The largest absolute Gasteiger partial charge is 0.417 e. The van der Waals surface area contributed by atoms with Crippen molar-refractivity contribution in [3.63, 3.8) is 0 Å². The molecule has 0 aromatic heterocycles. The van der Waals surface area contributed by atoms with Gasteiger partial charge in [0.1, 0.15) is 0 Å². The fourth-order valence-corrected chi connectivity index (χ4v) is 4.57. The van der Waals surface area contributed by atoms with Gasteiger partial charge >= 0.3 is 6.18 Å². The Balaban J connectivity index is 2.28. The maximum absolute atomic E-state index is 12.9. The maximum Gasteiger partial charge on any atom is 0.417 e. The zero-order valence-corrected chi connectivity index (χ0v) is 16.8. The Morgan fingerprint density at radius 3 is 2.04 bits per heavy atom. The number of alkyl halides is 3. The van der Waals surface area contributed by atoms with E-state index in [1.807, 2.05) is 0 Å². The molecule has 12 heteroatoms. The number of nitrogens with one attached hydrogen (secondary N) is 2. The number of sulfonamides is 2. The Hall–Kier alpha value is -1.82. The topological polar surface area (TPSA) is 92.3 Å². The normalized spacial score (nSPS) is 12.8. The molecule has 28 heavy (non-hydrogen) atoms. The van der Waals surface area contributed by atoms with Gasteiger partial charge in [-0.25, -0.2) is 21.6 Å². The lowest BCUT2D eigenvalue weighted by Gasteiger charge is -2.13. The zero-order valence-electron chi connectivity index (χ0n) is 14.4. The standard InChI is InChI=1S/C16H16ClF3N2O4S2/c1-2-9-21-27(23,24)12-5-3-11(4-6-12)22-28(25,26)13-7-8-15(17)14(10-13)16(18,19)20/h3-8,10,21-22H,2,9H2,1H3. The molecule has 154 valence electrons. The van der Waals surface area contributed by atoms with Crippen molar-refractivity contribution in [3.8, 4) is 0 Å². The van der Waals surface area contributed by atoms with Crippen LogP contribution < -0.4 is 9.44 Å². The van der Waals surface area contributed by atoms with Crippen molar-refractivity contribution in [2.24, 2.45) is 0 Å². The SMILES string of the molecule is CCCNS(=O)(=O)c1ccc(NS(=O)(=O)c2ccc(Cl)c(C(F)(F)F)c2)cc1. The molecule has 0 spiro atoms. The lowest BCUT2D eigenvalue weighted by atomic mass is 10.2. The maximum atomic E-state index is 12.9. The van der Waals surface area contributed by atoms with Gasteiger partial charge in [-0.1, -0.05) is 18.5 Å². The minimum absolute atomic E-state index is 0.0158. The van der Waals surface area contributed by atoms with Crippen LogP contribution in [-0.4, -0.2) is 23.4 Å². The first kappa shape index (κ1) is 22.5. The molecule has 0 radical (unpaired) electrons. The van der Waals surface area contributed by atoms with E-state index >= 15 is 0 Å². The number of rotatable bonds is 7. The molecule has 0 fully saturated rings. The van der Waals surface area contributed by atoms with Gasteiger partial charge in [-0.15, -0.1) is 0 Å². The monoisotopic (exact) mass is 456 g/mol. The van der Waals surface area contributed by atoms with E-state index < -0.39 is 41.7 Å². The van der Waals surface area contributed by atoms with Crippen LogP contribution in [0, 0.1) is 0 Å². The van der Waals surface area contributed by atoms with Crippen molar-refractivity contribution in [2.75, 3.05) is 11.3 Å². The number of halogens is 4. The van der Waals surface area contributed by atoms with E-state index in [1.165, 1.54) is 24.3 Å². The van der Waals surface area contributed by atoms with Gasteiger partial charge < -0.3 is 0 Å². The van der Waals surface area contributed by atoms with Gasteiger partial charge in [0.05, 0.1) is 20.4 Å². The Bertz CT molecular complexity index is 1050. The summed E-state index contributed by atoms with van der Waals surface area (Å²) in [5.74, 6) is 0. The molecule has 0 bridgehead atoms. The number of anilines is 1. The lowest BCUT2D eigenvalue weighted by molar-refractivity contribution is -0.137. The van der Waals surface area contributed by atoms with Gasteiger partial charge in [0.25, 0.3) is 10.0 Å². The van der Waals surface area contributed by atoms with E-state index in [2.05, 4.69) is 9.44 Å². The summed E-state index contributed by atoms with van der Waals surface area (Å²) in [6, 6.07) is 6.95. The first-order valence-corrected chi connectivity index (χ1v) is 11.2. The molecule has 0 saturated heterocycles. The van der Waals surface area contributed by atoms with Crippen molar-refractivity contribution >= 4 is 37.3 Å². The molecule has 0 atom stereocenters. The molecule has 0 amide bonds. The van der Waals surface area contributed by atoms with Crippen LogP contribution in [-0.2, 0) is 26.2 Å². The smallest absolute Gasteiger partial charge is 0.280 e. The average Bonchev–Trinajstić information content (AvgIpc) is 2.59. The van der Waals surface area contributed by atoms with Crippen LogP contribution in [0.1, 0.15) is 18.9 Å². The van der Waals surface area contributed by atoms with Crippen molar-refractivity contribution < 1.29 is 30.0 Å². The quantitative estimate of drug-likeness (QED) is 0.662. The summed E-state index contributed by atoms with van der Waals surface area (Å²) in [5, 5.41) is -0.624. The predicted molar refractivity (Wildman–Crippen MR) is 99.2 cm³/mol. The van der Waals surface area contributed by atoms with Crippen molar-refractivity contribution in [1.29, 1.82) is 0 Å². The third-order valence-corrected chi connectivity index (χ3v) is 6.70. The molecule has 0 unspecified atom stereocenters. The van der Waals surface area contributed by atoms with Gasteiger partial charge in [0.2, 0.25) is 10.0 Å². The number of hydrogen-bond acceptors (Lipinski definition) is 4. The van der Waals surface area contributed by atoms with Gasteiger partial charge in [-0.05, 0) is 48.9 Å². The molecule has 2 aromatic rings. The van der Waals surface area contributed by atoms with Crippen LogP contribution in [0.4, 0.5) is 18.9 Å². The van der Waals surface area contributed by atoms with Crippen LogP contribution in [0.15, 0.2) is 52.3 Å². The van der Waals surface area contributed by atoms with E-state index in [0.717, 1.165) is 12.1 Å². The Morgan fingerprint density at radius 2 is 1.50 bits per heavy atom. The fraction of sp³-hybridized carbons (Fsp3) is 0.250. The first-order valence-electron chi connectivity index (χ1n) is 7.86. The highest BCUT2D eigenvalue weighted by molar-refractivity contribution is 7.92. The van der Waals surface area contributed by atoms with Crippen LogP contribution in [0.2, 0.25) is 5.02 Å². The molecular weight excluding hydrogens is 441 g/mol. The van der Waals surface area contributed by atoms with E-state index in [9.17, 15) is 30.0 Å². The highest BCUT2D eigenvalue weighted by Crippen LogP contribution is 2.36. The van der Waals surface area contributed by atoms with Crippen molar-refractivity contribution in [2.45, 2.75) is 29.3 Å². The third kappa shape index (κ3) is 5.37. The first-order chi connectivity index (χ1) is 12.9. The molecule has 2 rings (SSSR count). The van der Waals surface area contributed by atoms with Crippen molar-refractivity contribution in [1.82, 2.24) is 4.72 Å². The number of hydrogen-bond donors (Lipinski definition) is 2. The van der Waals surface area contributed by atoms with Crippen LogP contribution in [0.25, 0.3) is 0 Å². The van der Waals surface area contributed by atoms with Gasteiger partial charge in [0.15, 0.2) is 0 Å². The summed E-state index contributed by atoms with van der Waals surface area (Å²) in [7, 11) is -8.08. The Morgan fingerprint density at radius 1 is 0.929 bits per heavy atom. The van der Waals surface area contributed by atoms with E-state index in [0.29, 0.717) is 12.5 Å². The molecule has 6 nitrogen and oxygen atoms in total. The Kier molecular flexibility index (Phi) is 6.64. The lowest BCUT2D eigenvalue weighted by Crippen LogP contribution is -2.24. The molecule has 0 aliphatic carbocycles. The fourth-order valence-electron chi connectivity index (χ4n) is 2.12. The summed E-state index contributed by atoms with van der Waals surface area (Å²) in [6.45, 7) is 2.04. The Labute approximate surface area is 165 Å². The van der Waals surface area contributed by atoms with Crippen molar-refractivity contribution in [3.05, 3.63) is 53.1 Å². The van der Waals surface area contributed by atoms with E-state index in [4.69, 9.17) is 11.6 Å². The third-order valence-electron chi connectivity index (χ3n) is 3.51. The second-order valence-electron chi connectivity index (χ2n) is 5.67. The molecule has 0 heterocycles. The minimum Gasteiger partial charge on any atom is -0.280 e. The molecule has 0 aliphatic heterocycles. The van der Waals surface area contributed by atoms with Gasteiger partial charge in [-0.3, -0.25) is 4.72 Å². The van der Waals surface area contributed by atoms with E-state index in [1.54, 1.807) is 6.92 Å². The summed E-state index contributed by atoms with van der Waals surface area (Å²) in [5.41, 5.74) is -1.29. The van der Waals surface area contributed by atoms with E-state index in [-0.39, 0.29) is 17.1 Å². The van der Waals surface area contributed by atoms with Gasteiger partial charge in [-0.2, -0.15) is 13.2 Å². The van der Waals surface area contributed by atoms with Gasteiger partial charge in [0, 0.05) is 12.2 Å². The summed E-state index contributed by atoms with van der Waals surface area (Å²) in [6.07, 6.45) is -4.22. The molecule has 2 N–H and O–H groups in total. The average molecular weight is 457 g/mol. The minimum atomic E-state index is -4.82. The second-order valence-corrected chi connectivity index (χ2v) is 9.52. The summed E-state index contributed by atoms with van der Waals surface area (Å²) < 4.78 is 92.0. The molecule has 0 saturated carbocycles. The van der Waals surface area contributed by atoms with Crippen LogP contribution in [0.5, 0.6) is 0 Å². The predicted octanol–water partition coefficient (Wildman–Crippen LogP) is 3.85. The van der Waals surface area contributed by atoms with Crippen LogP contribution >= 0.6 is 11.6 Å². The summed E-state index contributed by atoms with van der Waals surface area (Å²) in [4.78, 5) is -0.708. The zero-order chi connectivity index (χ0) is 21.2. The molecular formula is C16H16ClF3N2O4S2. The number of benzene rings is 2. The van der Waals surface area contributed by atoms with Crippen LogP contribution in [0.3, 0.4) is 0 Å². The highest BCUT2D eigenvalue weighted by Gasteiger charge is 2.34. The molecule has 2 aromatic carbocycles. The highest BCUT2D eigenvalue weighted by atomic mass is 35.5.